The summed E-state index contributed by atoms with van der Waals surface area (Å²) in [6.07, 6.45) is 5.13. The molecule has 14 heteroatoms. The normalized spacial score (nSPS) is 13.1. The van der Waals surface area contributed by atoms with Crippen LogP contribution in [0, 0.1) is 0 Å². The van der Waals surface area contributed by atoms with Crippen molar-refractivity contribution < 1.29 is 26.6 Å². The van der Waals surface area contributed by atoms with Gasteiger partial charge < -0.3 is 26.6 Å². The zero-order chi connectivity index (χ0) is 28.2. The van der Waals surface area contributed by atoms with Crippen molar-refractivity contribution in [3.8, 4) is 0 Å². The highest BCUT2D eigenvalue weighted by molar-refractivity contribution is 9.26. The van der Waals surface area contributed by atoms with E-state index in [2.05, 4.69) is 0 Å². The van der Waals surface area contributed by atoms with Crippen LogP contribution in [0.3, 0.4) is 0 Å². The summed E-state index contributed by atoms with van der Waals surface area (Å²) in [5, 5.41) is 0. The van der Waals surface area contributed by atoms with Crippen molar-refractivity contribution in [3.63, 3.8) is 0 Å². The van der Waals surface area contributed by atoms with E-state index < -0.39 is 17.6 Å². The van der Waals surface area contributed by atoms with Crippen LogP contribution in [-0.2, 0) is 26.6 Å². The smallest absolute Gasteiger partial charge is 0.374 e. The van der Waals surface area contributed by atoms with Crippen molar-refractivity contribution in [2.24, 2.45) is 0 Å². The minimum atomic E-state index is -2.42. The minimum absolute atomic E-state index is 0.0300. The summed E-state index contributed by atoms with van der Waals surface area (Å²) in [6, 6.07) is 7.62. The molecule has 0 atom stereocenters. The van der Waals surface area contributed by atoms with Crippen LogP contribution in [0.15, 0.2) is 0 Å². The largest absolute Gasteiger partial charge is 0.500 e. The first-order valence-electron chi connectivity index (χ1n) is 15.0. The molecule has 0 aromatic heterocycles. The zero-order valence-corrected chi connectivity index (χ0v) is 33.3. The average Bonchev–Trinajstić information content (AvgIpc) is 2.89. The van der Waals surface area contributed by atoms with Crippen molar-refractivity contribution in [3.05, 3.63) is 0 Å². The highest BCUT2D eigenvalue weighted by atomic mass is 33.7. The minimum Gasteiger partial charge on any atom is -0.374 e. The molecule has 0 spiro atoms. The molecule has 0 aliphatic carbocycles. The molecule has 0 radical (unpaired) electrons. The Kier molecular flexibility index (Phi) is 30.7. The van der Waals surface area contributed by atoms with Crippen LogP contribution in [0.1, 0.15) is 67.2 Å². The summed E-state index contributed by atoms with van der Waals surface area (Å²) in [5.74, 6) is 2.56. The second-order valence-electron chi connectivity index (χ2n) is 8.78. The second-order valence-corrected chi connectivity index (χ2v) is 24.7. The van der Waals surface area contributed by atoms with Gasteiger partial charge in [-0.15, -0.1) is 0 Å². The van der Waals surface area contributed by atoms with Gasteiger partial charge in [-0.2, -0.15) is 0 Å². The average molecular weight is 683 g/mol. The van der Waals surface area contributed by atoms with E-state index in [0.29, 0.717) is 39.6 Å². The highest BCUT2D eigenvalue weighted by Gasteiger charge is 2.40. The third-order valence-electron chi connectivity index (χ3n) is 5.73. The van der Waals surface area contributed by atoms with Gasteiger partial charge in [0.1, 0.15) is 0 Å². The maximum Gasteiger partial charge on any atom is 0.500 e. The molecular weight excluding hydrogens is 625 g/mol. The predicted octanol–water partition coefficient (Wildman–Crippen LogP) is 7.33. The number of hydrogen-bond acceptors (Lipinski definition) is 10. The first kappa shape index (κ1) is 40.0. The summed E-state index contributed by atoms with van der Waals surface area (Å²) in [4.78, 5) is 0. The Balaban J connectivity index is 3.60. The topological polar surface area (TPSA) is 55.4 Å². The van der Waals surface area contributed by atoms with Gasteiger partial charge in [0.05, 0.1) is 0 Å². The van der Waals surface area contributed by atoms with Crippen molar-refractivity contribution >= 4 is 77.9 Å². The molecule has 0 heterocycles. The SMILES string of the molecule is CCO[Si](CCC[SiH2]CCCSSSSCCC[SiH2]CCC[Si](OCC)(OCC)OCC)(OCC)OCC. The summed E-state index contributed by atoms with van der Waals surface area (Å²) in [7, 11) is 3.23. The van der Waals surface area contributed by atoms with E-state index in [-0.39, 0.29) is 19.0 Å². The summed E-state index contributed by atoms with van der Waals surface area (Å²) in [6.45, 7) is 16.3. The predicted molar refractivity (Wildman–Crippen MR) is 186 cm³/mol. The van der Waals surface area contributed by atoms with Gasteiger partial charge in [-0.1, -0.05) is 58.6 Å². The van der Waals surface area contributed by atoms with Gasteiger partial charge >= 0.3 is 17.6 Å². The van der Waals surface area contributed by atoms with Crippen LogP contribution < -0.4 is 0 Å². The quantitative estimate of drug-likeness (QED) is 0.0422. The summed E-state index contributed by atoms with van der Waals surface area (Å²) < 4.78 is 35.8. The molecule has 0 rings (SSSR count). The lowest BCUT2D eigenvalue weighted by Crippen LogP contribution is -2.45. The monoisotopic (exact) mass is 682 g/mol. The van der Waals surface area contributed by atoms with E-state index in [4.69, 9.17) is 26.6 Å². The van der Waals surface area contributed by atoms with E-state index >= 15 is 0 Å². The molecule has 230 valence electrons. The lowest BCUT2D eigenvalue weighted by molar-refractivity contribution is 0.0703. The van der Waals surface area contributed by atoms with Gasteiger partial charge in [-0.05, 0) is 74.0 Å². The molecule has 0 aromatic carbocycles. The molecule has 0 N–H and O–H groups in total. The molecule has 0 saturated carbocycles. The van der Waals surface area contributed by atoms with Gasteiger partial charge in [0.2, 0.25) is 0 Å². The first-order valence-corrected chi connectivity index (χ1v) is 28.0. The fraction of sp³-hybridized carbons (Fsp3) is 1.00. The van der Waals surface area contributed by atoms with Gasteiger partial charge in [0.15, 0.2) is 0 Å². The maximum absolute atomic E-state index is 5.96. The Labute approximate surface area is 257 Å². The second kappa shape index (κ2) is 29.1. The van der Waals surface area contributed by atoms with Crippen molar-refractivity contribution in [2.75, 3.05) is 51.1 Å². The van der Waals surface area contributed by atoms with E-state index in [1.807, 2.05) is 82.8 Å². The molecule has 0 unspecified atom stereocenters. The molecule has 0 aromatic rings. The van der Waals surface area contributed by atoms with Gasteiger partial charge in [0, 0.05) is 82.3 Å². The van der Waals surface area contributed by atoms with Crippen LogP contribution in [0.2, 0.25) is 36.3 Å². The Morgan fingerprint density at radius 3 is 1.03 bits per heavy atom. The first-order chi connectivity index (χ1) is 18.6. The third kappa shape index (κ3) is 21.7. The Morgan fingerprint density at radius 2 is 0.737 bits per heavy atom. The van der Waals surface area contributed by atoms with Gasteiger partial charge in [-0.25, -0.2) is 0 Å². The molecule has 6 nitrogen and oxygen atoms in total. The lowest BCUT2D eigenvalue weighted by Gasteiger charge is -2.28. The Hall–Kier alpha value is 2.03. The molecule has 0 aliphatic rings. The van der Waals surface area contributed by atoms with Crippen LogP contribution in [0.5, 0.6) is 0 Å². The highest BCUT2D eigenvalue weighted by Crippen LogP contribution is 2.43. The standard InChI is InChI=1S/C24H58O6S4Si4/c1-7-25-37(26-8-2,27-9-3)23-15-21-35-19-13-17-31-33-34-32-18-14-20-36-22-16-24-38(28-10-4,29-11-5)30-12-6/h7-24,35-36H2,1-6H3. The number of hydrogen-bond donors (Lipinski definition) is 0. The van der Waals surface area contributed by atoms with Crippen LogP contribution >= 0.6 is 41.2 Å². The molecule has 0 amide bonds. The lowest BCUT2D eigenvalue weighted by atomic mass is 10.6. The zero-order valence-electron chi connectivity index (χ0n) is 25.2. The maximum atomic E-state index is 5.96. The molecule has 0 fully saturated rings. The van der Waals surface area contributed by atoms with E-state index in [9.17, 15) is 0 Å². The van der Waals surface area contributed by atoms with E-state index in [0.717, 1.165) is 12.1 Å². The third-order valence-corrected chi connectivity index (χ3v) is 22.7. The van der Waals surface area contributed by atoms with E-state index in [1.54, 1.807) is 0 Å². The fourth-order valence-corrected chi connectivity index (χ4v) is 20.7. The van der Waals surface area contributed by atoms with Crippen molar-refractivity contribution in [2.45, 2.75) is 103 Å². The van der Waals surface area contributed by atoms with Gasteiger partial charge in [-0.3, -0.25) is 0 Å². The Morgan fingerprint density at radius 1 is 0.447 bits per heavy atom. The fourth-order valence-electron chi connectivity index (χ4n) is 4.18. The van der Waals surface area contributed by atoms with Crippen LogP contribution in [-0.4, -0.2) is 87.8 Å². The molecule has 0 aliphatic heterocycles. The summed E-state index contributed by atoms with van der Waals surface area (Å²) in [5.41, 5.74) is 0. The molecule has 0 bridgehead atoms. The number of rotatable bonds is 31. The van der Waals surface area contributed by atoms with E-state index in [1.165, 1.54) is 61.4 Å². The molecule has 0 saturated heterocycles. The summed E-state index contributed by atoms with van der Waals surface area (Å²) >= 11 is 0. The molecular formula is C24H58O6S4Si4. The van der Waals surface area contributed by atoms with Crippen molar-refractivity contribution in [1.82, 2.24) is 0 Å². The molecule has 38 heavy (non-hydrogen) atoms. The van der Waals surface area contributed by atoms with Crippen molar-refractivity contribution in [1.29, 1.82) is 0 Å². The Bertz CT molecular complexity index is 431. The van der Waals surface area contributed by atoms with Crippen LogP contribution in [0.4, 0.5) is 0 Å². The van der Waals surface area contributed by atoms with Gasteiger partial charge in [0.25, 0.3) is 0 Å². The van der Waals surface area contributed by atoms with Crippen LogP contribution in [0.25, 0.3) is 0 Å².